The van der Waals surface area contributed by atoms with Gasteiger partial charge in [-0.05, 0) is 30.7 Å². The second-order valence-corrected chi connectivity index (χ2v) is 6.95. The molecule has 1 N–H and O–H groups in total. The van der Waals surface area contributed by atoms with Crippen molar-refractivity contribution in [2.24, 2.45) is 0 Å². The number of rotatable bonds is 6. The SMILES string of the molecule is COCCN1CC[C@H]2O[C@@H](C(=O)NCc3cccs3)CC[C@H]21. The first kappa shape index (κ1) is 15.9. The smallest absolute Gasteiger partial charge is 0.249 e. The van der Waals surface area contributed by atoms with Crippen LogP contribution < -0.4 is 5.32 Å². The number of hydrogen-bond donors (Lipinski definition) is 1. The maximum atomic E-state index is 12.3. The molecule has 3 rings (SSSR count). The van der Waals surface area contributed by atoms with E-state index in [1.807, 2.05) is 17.5 Å². The zero-order valence-corrected chi connectivity index (χ0v) is 13.8. The van der Waals surface area contributed by atoms with Crippen LogP contribution >= 0.6 is 11.3 Å². The molecule has 0 aliphatic carbocycles. The summed E-state index contributed by atoms with van der Waals surface area (Å²) in [5, 5.41) is 5.02. The lowest BCUT2D eigenvalue weighted by atomic mass is 9.98. The number of fused-ring (bicyclic) bond motifs is 1. The van der Waals surface area contributed by atoms with E-state index in [0.717, 1.165) is 39.0 Å². The van der Waals surface area contributed by atoms with Gasteiger partial charge in [-0.3, -0.25) is 9.69 Å². The Labute approximate surface area is 135 Å². The molecular weight excluding hydrogens is 300 g/mol. The Bertz CT molecular complexity index is 480. The van der Waals surface area contributed by atoms with Crippen LogP contribution in [0.4, 0.5) is 0 Å². The van der Waals surface area contributed by atoms with Crippen LogP contribution in [0, 0.1) is 0 Å². The average molecular weight is 324 g/mol. The number of thiophene rings is 1. The fourth-order valence-electron chi connectivity index (χ4n) is 3.40. The van der Waals surface area contributed by atoms with Crippen molar-refractivity contribution in [1.29, 1.82) is 0 Å². The largest absolute Gasteiger partial charge is 0.383 e. The molecular formula is C16H24N2O3S. The molecule has 6 heteroatoms. The number of amides is 1. The Morgan fingerprint density at radius 2 is 2.41 bits per heavy atom. The highest BCUT2D eigenvalue weighted by Crippen LogP contribution is 2.31. The first-order valence-electron chi connectivity index (χ1n) is 7.96. The highest BCUT2D eigenvalue weighted by molar-refractivity contribution is 7.09. The summed E-state index contributed by atoms with van der Waals surface area (Å²) in [6.45, 7) is 3.36. The molecule has 3 atom stereocenters. The molecule has 0 aromatic carbocycles. The molecule has 0 bridgehead atoms. The van der Waals surface area contributed by atoms with E-state index in [1.54, 1.807) is 18.4 Å². The number of likely N-dealkylation sites (tertiary alicyclic amines) is 1. The van der Waals surface area contributed by atoms with Crippen molar-refractivity contribution in [1.82, 2.24) is 10.2 Å². The highest BCUT2D eigenvalue weighted by Gasteiger charge is 2.41. The molecule has 0 radical (unpaired) electrons. The lowest BCUT2D eigenvalue weighted by molar-refractivity contribution is -0.144. The predicted octanol–water partition coefficient (Wildman–Crippen LogP) is 1.63. The van der Waals surface area contributed by atoms with E-state index < -0.39 is 0 Å². The second kappa shape index (κ2) is 7.55. The van der Waals surface area contributed by atoms with Gasteiger partial charge in [-0.2, -0.15) is 0 Å². The van der Waals surface area contributed by atoms with Gasteiger partial charge in [0.1, 0.15) is 6.10 Å². The molecule has 2 saturated heterocycles. The van der Waals surface area contributed by atoms with Crippen molar-refractivity contribution >= 4 is 17.2 Å². The minimum Gasteiger partial charge on any atom is -0.383 e. The number of hydrogen-bond acceptors (Lipinski definition) is 5. The van der Waals surface area contributed by atoms with Gasteiger partial charge in [-0.1, -0.05) is 6.07 Å². The molecule has 0 saturated carbocycles. The normalized spacial score (nSPS) is 28.5. The minimum atomic E-state index is -0.288. The Morgan fingerprint density at radius 1 is 1.50 bits per heavy atom. The van der Waals surface area contributed by atoms with Gasteiger partial charge < -0.3 is 14.8 Å². The quantitative estimate of drug-likeness (QED) is 0.864. The third kappa shape index (κ3) is 3.68. The van der Waals surface area contributed by atoms with Gasteiger partial charge >= 0.3 is 0 Å². The molecule has 122 valence electrons. The third-order valence-corrected chi connectivity index (χ3v) is 5.43. The molecule has 0 spiro atoms. The van der Waals surface area contributed by atoms with Crippen molar-refractivity contribution in [3.05, 3.63) is 22.4 Å². The molecule has 2 aliphatic rings. The van der Waals surface area contributed by atoms with Crippen molar-refractivity contribution in [2.45, 2.75) is 44.1 Å². The van der Waals surface area contributed by atoms with Gasteiger partial charge in [-0.15, -0.1) is 11.3 Å². The Balaban J connectivity index is 1.47. The fraction of sp³-hybridized carbons (Fsp3) is 0.688. The van der Waals surface area contributed by atoms with E-state index in [0.29, 0.717) is 12.6 Å². The van der Waals surface area contributed by atoms with Crippen LogP contribution in [0.5, 0.6) is 0 Å². The number of nitrogens with one attached hydrogen (secondary N) is 1. The second-order valence-electron chi connectivity index (χ2n) is 5.92. The van der Waals surface area contributed by atoms with Crippen LogP contribution in [0.2, 0.25) is 0 Å². The van der Waals surface area contributed by atoms with Gasteiger partial charge in [-0.25, -0.2) is 0 Å². The van der Waals surface area contributed by atoms with Crippen molar-refractivity contribution in [3.63, 3.8) is 0 Å². The molecule has 5 nitrogen and oxygen atoms in total. The standard InChI is InChI=1S/C16H24N2O3S/c1-20-9-8-18-7-6-14-13(18)4-5-15(21-14)16(19)17-11-12-3-2-10-22-12/h2-3,10,13-15H,4-9,11H2,1H3,(H,17,19)/t13-,14-,15-/m1/s1. The van der Waals surface area contributed by atoms with Crippen LogP contribution in [-0.4, -0.2) is 55.9 Å². The van der Waals surface area contributed by atoms with E-state index in [-0.39, 0.29) is 18.1 Å². The zero-order valence-electron chi connectivity index (χ0n) is 13.0. The van der Waals surface area contributed by atoms with E-state index in [4.69, 9.17) is 9.47 Å². The summed E-state index contributed by atoms with van der Waals surface area (Å²) in [6.07, 6.45) is 2.77. The Hall–Kier alpha value is -0.950. The van der Waals surface area contributed by atoms with Crippen LogP contribution in [-0.2, 0) is 20.8 Å². The van der Waals surface area contributed by atoms with Gasteiger partial charge in [0.05, 0.1) is 19.3 Å². The number of carbonyl (C=O) groups is 1. The van der Waals surface area contributed by atoms with Gasteiger partial charge in [0.25, 0.3) is 0 Å². The first-order chi connectivity index (χ1) is 10.8. The van der Waals surface area contributed by atoms with Gasteiger partial charge in [0.15, 0.2) is 0 Å². The number of ether oxygens (including phenoxy) is 2. The summed E-state index contributed by atoms with van der Waals surface area (Å²) in [5.74, 6) is 0.0298. The van der Waals surface area contributed by atoms with Crippen LogP contribution in [0.15, 0.2) is 17.5 Å². The molecule has 3 heterocycles. The zero-order chi connectivity index (χ0) is 15.4. The molecule has 22 heavy (non-hydrogen) atoms. The molecule has 0 unspecified atom stereocenters. The fourth-order valence-corrected chi connectivity index (χ4v) is 4.04. The first-order valence-corrected chi connectivity index (χ1v) is 8.84. The summed E-state index contributed by atoms with van der Waals surface area (Å²) in [4.78, 5) is 15.9. The topological polar surface area (TPSA) is 50.8 Å². The Morgan fingerprint density at radius 3 is 3.18 bits per heavy atom. The van der Waals surface area contributed by atoms with E-state index in [1.165, 1.54) is 4.88 Å². The Kier molecular flexibility index (Phi) is 5.46. The summed E-state index contributed by atoms with van der Waals surface area (Å²) >= 11 is 1.66. The number of carbonyl (C=O) groups excluding carboxylic acids is 1. The maximum absolute atomic E-state index is 12.3. The van der Waals surface area contributed by atoms with E-state index in [9.17, 15) is 4.79 Å². The van der Waals surface area contributed by atoms with Crippen molar-refractivity contribution in [3.8, 4) is 0 Å². The van der Waals surface area contributed by atoms with Gasteiger partial charge in [0.2, 0.25) is 5.91 Å². The maximum Gasteiger partial charge on any atom is 0.249 e. The minimum absolute atomic E-state index is 0.0298. The van der Waals surface area contributed by atoms with Crippen molar-refractivity contribution < 1.29 is 14.3 Å². The van der Waals surface area contributed by atoms with Gasteiger partial charge in [0, 0.05) is 31.1 Å². The lowest BCUT2D eigenvalue weighted by Crippen LogP contribution is -2.48. The average Bonchev–Trinajstić information content (AvgIpc) is 3.19. The lowest BCUT2D eigenvalue weighted by Gasteiger charge is -2.35. The molecule has 1 aromatic rings. The summed E-state index contributed by atoms with van der Waals surface area (Å²) in [6, 6.07) is 4.49. The highest BCUT2D eigenvalue weighted by atomic mass is 32.1. The third-order valence-electron chi connectivity index (χ3n) is 4.55. The van der Waals surface area contributed by atoms with E-state index in [2.05, 4.69) is 10.2 Å². The van der Waals surface area contributed by atoms with Crippen LogP contribution in [0.3, 0.4) is 0 Å². The molecule has 1 aromatic heterocycles. The molecule has 2 fully saturated rings. The van der Waals surface area contributed by atoms with Crippen LogP contribution in [0.25, 0.3) is 0 Å². The van der Waals surface area contributed by atoms with Crippen molar-refractivity contribution in [2.75, 3.05) is 26.8 Å². The number of methoxy groups -OCH3 is 1. The van der Waals surface area contributed by atoms with E-state index >= 15 is 0 Å². The summed E-state index contributed by atoms with van der Waals surface area (Å²) in [5.41, 5.74) is 0. The molecule has 2 aliphatic heterocycles. The predicted molar refractivity (Wildman–Crippen MR) is 85.9 cm³/mol. The summed E-state index contributed by atoms with van der Waals surface area (Å²) < 4.78 is 11.2. The van der Waals surface area contributed by atoms with Crippen LogP contribution in [0.1, 0.15) is 24.1 Å². The number of nitrogens with zero attached hydrogens (tertiary/aromatic N) is 1. The molecule has 1 amide bonds. The summed E-state index contributed by atoms with van der Waals surface area (Å²) in [7, 11) is 1.74. The monoisotopic (exact) mass is 324 g/mol.